The van der Waals surface area contributed by atoms with Crippen LogP contribution in [-0.2, 0) is 11.3 Å². The number of nitrogens with one attached hydrogen (secondary N) is 2. The summed E-state index contributed by atoms with van der Waals surface area (Å²) in [7, 11) is 1.65. The van der Waals surface area contributed by atoms with Gasteiger partial charge in [-0.05, 0) is 54.8 Å². The van der Waals surface area contributed by atoms with E-state index < -0.39 is 0 Å². The summed E-state index contributed by atoms with van der Waals surface area (Å²) >= 11 is 0. The molecule has 1 unspecified atom stereocenters. The topological polar surface area (TPSA) is 62.8 Å². The maximum atomic E-state index is 12.3. The summed E-state index contributed by atoms with van der Waals surface area (Å²) in [5, 5.41) is 6.43. The normalized spacial score (nSPS) is 19.8. The quantitative estimate of drug-likeness (QED) is 0.772. The lowest BCUT2D eigenvalue weighted by Crippen LogP contribution is -2.57. The molecule has 2 aliphatic rings. The van der Waals surface area contributed by atoms with Crippen LogP contribution < -0.4 is 20.1 Å². The highest BCUT2D eigenvalue weighted by atomic mass is 16.5. The highest BCUT2D eigenvalue weighted by molar-refractivity contribution is 5.82. The second-order valence-corrected chi connectivity index (χ2v) is 7.45. The van der Waals surface area contributed by atoms with E-state index in [9.17, 15) is 4.79 Å². The van der Waals surface area contributed by atoms with Crippen molar-refractivity contribution in [3.63, 3.8) is 0 Å². The molecule has 2 aromatic carbocycles. The number of benzene rings is 2. The molecule has 1 aliphatic carbocycles. The van der Waals surface area contributed by atoms with E-state index >= 15 is 0 Å². The van der Waals surface area contributed by atoms with Crippen LogP contribution in [0.3, 0.4) is 0 Å². The zero-order valence-electron chi connectivity index (χ0n) is 16.2. The lowest BCUT2D eigenvalue weighted by Gasteiger charge is -2.33. The van der Waals surface area contributed by atoms with Crippen LogP contribution >= 0.6 is 0 Å². The van der Waals surface area contributed by atoms with Crippen molar-refractivity contribution in [3.05, 3.63) is 54.1 Å². The molecule has 1 heterocycles. The Kier molecular flexibility index (Phi) is 5.78. The zero-order valence-corrected chi connectivity index (χ0v) is 16.2. The van der Waals surface area contributed by atoms with Crippen LogP contribution in [0.1, 0.15) is 18.4 Å². The third kappa shape index (κ3) is 5.03. The summed E-state index contributed by atoms with van der Waals surface area (Å²) in [5.74, 6) is 2.52. The minimum Gasteiger partial charge on any atom is -0.497 e. The van der Waals surface area contributed by atoms with Crippen molar-refractivity contribution < 1.29 is 14.3 Å². The molecule has 6 heteroatoms. The number of amides is 1. The summed E-state index contributed by atoms with van der Waals surface area (Å²) in [6.07, 6.45) is 2.23. The molecule has 2 fully saturated rings. The molecule has 148 valence electrons. The maximum Gasteiger partial charge on any atom is 0.238 e. The van der Waals surface area contributed by atoms with Crippen molar-refractivity contribution in [1.29, 1.82) is 0 Å². The molecule has 1 saturated heterocycles. The molecule has 28 heavy (non-hydrogen) atoms. The Balaban J connectivity index is 1.35. The van der Waals surface area contributed by atoms with Gasteiger partial charge in [-0.15, -0.1) is 0 Å². The predicted molar refractivity (Wildman–Crippen MR) is 108 cm³/mol. The number of ether oxygens (including phenoxy) is 2. The van der Waals surface area contributed by atoms with Gasteiger partial charge >= 0.3 is 0 Å². The summed E-state index contributed by atoms with van der Waals surface area (Å²) in [6, 6.07) is 15.9. The third-order valence-electron chi connectivity index (χ3n) is 5.10. The number of methoxy groups -OCH3 is 1. The molecular formula is C22H27N3O3. The number of rotatable bonds is 7. The fourth-order valence-electron chi connectivity index (χ4n) is 3.40. The van der Waals surface area contributed by atoms with Crippen molar-refractivity contribution in [2.75, 3.05) is 26.7 Å². The molecule has 1 atom stereocenters. The van der Waals surface area contributed by atoms with Crippen molar-refractivity contribution >= 4 is 5.91 Å². The van der Waals surface area contributed by atoms with Crippen LogP contribution in [-0.4, -0.2) is 49.6 Å². The average molecular weight is 381 g/mol. The molecule has 1 aliphatic heterocycles. The van der Waals surface area contributed by atoms with Gasteiger partial charge in [0.15, 0.2) is 0 Å². The standard InChI is InChI=1S/C22H27N3O3/c1-27-18-7-9-19(10-8-18)28-20-4-2-3-16(13-20)14-25-12-11-23-21(15-25)22(26)24-17-5-6-17/h2-4,7-10,13,17,21,23H,5-6,11-12,14-15H2,1H3,(H,24,26). The van der Waals surface area contributed by atoms with Crippen molar-refractivity contribution in [1.82, 2.24) is 15.5 Å². The number of piperazine rings is 1. The highest BCUT2D eigenvalue weighted by Gasteiger charge is 2.30. The maximum absolute atomic E-state index is 12.3. The van der Waals surface area contributed by atoms with E-state index in [0.717, 1.165) is 56.3 Å². The van der Waals surface area contributed by atoms with E-state index in [1.807, 2.05) is 36.4 Å². The van der Waals surface area contributed by atoms with Gasteiger partial charge in [-0.1, -0.05) is 12.1 Å². The van der Waals surface area contributed by atoms with Crippen LogP contribution in [0.5, 0.6) is 17.2 Å². The fourth-order valence-corrected chi connectivity index (χ4v) is 3.40. The van der Waals surface area contributed by atoms with E-state index in [4.69, 9.17) is 9.47 Å². The molecule has 0 spiro atoms. The van der Waals surface area contributed by atoms with E-state index in [1.165, 1.54) is 5.56 Å². The first-order valence-electron chi connectivity index (χ1n) is 9.86. The summed E-state index contributed by atoms with van der Waals surface area (Å²) in [5.41, 5.74) is 1.18. The molecule has 0 bridgehead atoms. The molecule has 1 amide bonds. The first-order chi connectivity index (χ1) is 13.7. The van der Waals surface area contributed by atoms with E-state index in [2.05, 4.69) is 27.7 Å². The molecular weight excluding hydrogens is 354 g/mol. The van der Waals surface area contributed by atoms with Crippen molar-refractivity contribution in [2.45, 2.75) is 31.5 Å². The van der Waals surface area contributed by atoms with Gasteiger partial charge in [-0.3, -0.25) is 9.69 Å². The van der Waals surface area contributed by atoms with Crippen LogP contribution in [0.4, 0.5) is 0 Å². The van der Waals surface area contributed by atoms with Crippen LogP contribution in [0, 0.1) is 0 Å². The SMILES string of the molecule is COc1ccc(Oc2cccc(CN3CCNC(C(=O)NC4CC4)C3)c2)cc1. The lowest BCUT2D eigenvalue weighted by molar-refractivity contribution is -0.124. The molecule has 2 aromatic rings. The fraction of sp³-hybridized carbons (Fsp3) is 0.409. The first-order valence-corrected chi connectivity index (χ1v) is 9.86. The molecule has 1 saturated carbocycles. The largest absolute Gasteiger partial charge is 0.497 e. The predicted octanol–water partition coefficient (Wildman–Crippen LogP) is 2.54. The smallest absolute Gasteiger partial charge is 0.238 e. The minimum atomic E-state index is -0.131. The van der Waals surface area contributed by atoms with Crippen molar-refractivity contribution in [3.8, 4) is 17.2 Å². The van der Waals surface area contributed by atoms with E-state index in [1.54, 1.807) is 7.11 Å². The van der Waals surface area contributed by atoms with E-state index in [0.29, 0.717) is 6.04 Å². The number of hydrogen-bond acceptors (Lipinski definition) is 5. The lowest BCUT2D eigenvalue weighted by atomic mass is 10.1. The Labute approximate surface area is 165 Å². The Bertz CT molecular complexity index is 805. The van der Waals surface area contributed by atoms with E-state index in [-0.39, 0.29) is 11.9 Å². The van der Waals surface area contributed by atoms with Gasteiger partial charge < -0.3 is 20.1 Å². The number of nitrogens with zero attached hydrogens (tertiary/aromatic N) is 1. The Morgan fingerprint density at radius 3 is 2.68 bits per heavy atom. The molecule has 0 aromatic heterocycles. The number of carbonyl (C=O) groups is 1. The van der Waals surface area contributed by atoms with Gasteiger partial charge in [0.05, 0.1) is 13.2 Å². The van der Waals surface area contributed by atoms with Gasteiger partial charge in [-0.25, -0.2) is 0 Å². The van der Waals surface area contributed by atoms with Gasteiger partial charge in [0, 0.05) is 32.2 Å². The number of carbonyl (C=O) groups excluding carboxylic acids is 1. The molecule has 4 rings (SSSR count). The Morgan fingerprint density at radius 1 is 1.14 bits per heavy atom. The van der Waals surface area contributed by atoms with Gasteiger partial charge in [-0.2, -0.15) is 0 Å². The molecule has 2 N–H and O–H groups in total. The van der Waals surface area contributed by atoms with Gasteiger partial charge in [0.2, 0.25) is 5.91 Å². The highest BCUT2D eigenvalue weighted by Crippen LogP contribution is 2.25. The van der Waals surface area contributed by atoms with Gasteiger partial charge in [0.25, 0.3) is 0 Å². The van der Waals surface area contributed by atoms with Crippen LogP contribution in [0.2, 0.25) is 0 Å². The van der Waals surface area contributed by atoms with Crippen LogP contribution in [0.25, 0.3) is 0 Å². The van der Waals surface area contributed by atoms with Crippen LogP contribution in [0.15, 0.2) is 48.5 Å². The summed E-state index contributed by atoms with van der Waals surface area (Å²) in [4.78, 5) is 14.6. The zero-order chi connectivity index (χ0) is 19.3. The summed E-state index contributed by atoms with van der Waals surface area (Å²) in [6.45, 7) is 3.28. The van der Waals surface area contributed by atoms with Crippen molar-refractivity contribution in [2.24, 2.45) is 0 Å². The van der Waals surface area contributed by atoms with Gasteiger partial charge in [0.1, 0.15) is 17.2 Å². The second kappa shape index (κ2) is 8.63. The third-order valence-corrected chi connectivity index (χ3v) is 5.10. The minimum absolute atomic E-state index is 0.129. The molecule has 0 radical (unpaired) electrons. The average Bonchev–Trinajstić information content (AvgIpc) is 3.53. The Morgan fingerprint density at radius 2 is 1.93 bits per heavy atom. The summed E-state index contributed by atoms with van der Waals surface area (Å²) < 4.78 is 11.1. The molecule has 6 nitrogen and oxygen atoms in total. The number of hydrogen-bond donors (Lipinski definition) is 2. The first kappa shape index (κ1) is 18.8. The Hall–Kier alpha value is -2.57. The monoisotopic (exact) mass is 381 g/mol. The second-order valence-electron chi connectivity index (χ2n) is 7.45.